The van der Waals surface area contributed by atoms with Crippen molar-refractivity contribution in [1.29, 1.82) is 0 Å². The molecule has 0 aromatic carbocycles. The predicted molar refractivity (Wildman–Crippen MR) is 81.6 cm³/mol. The molecule has 0 atom stereocenters. The molecule has 0 bridgehead atoms. The van der Waals surface area contributed by atoms with Crippen LogP contribution in [0.2, 0.25) is 0 Å². The number of carbonyl (C=O) groups is 1. The second kappa shape index (κ2) is 5.55. The van der Waals surface area contributed by atoms with E-state index in [1.54, 1.807) is 4.68 Å². The van der Waals surface area contributed by atoms with Crippen molar-refractivity contribution in [2.75, 3.05) is 0 Å². The first-order valence-corrected chi connectivity index (χ1v) is 7.62. The van der Waals surface area contributed by atoms with E-state index < -0.39 is 5.97 Å². The summed E-state index contributed by atoms with van der Waals surface area (Å²) >= 11 is 1.48. The van der Waals surface area contributed by atoms with Crippen LogP contribution in [-0.2, 0) is 6.54 Å². The molecule has 0 radical (unpaired) electrons. The van der Waals surface area contributed by atoms with Crippen molar-refractivity contribution >= 4 is 17.3 Å². The molecule has 0 saturated heterocycles. The van der Waals surface area contributed by atoms with Crippen LogP contribution >= 0.6 is 11.3 Å². The number of aromatic carboxylic acids is 1. The summed E-state index contributed by atoms with van der Waals surface area (Å²) in [6.07, 6.45) is 0.888. The summed E-state index contributed by atoms with van der Waals surface area (Å²) in [6, 6.07) is 0. The summed E-state index contributed by atoms with van der Waals surface area (Å²) in [5.74, 6) is -1.06. The molecule has 2 aromatic heterocycles. The summed E-state index contributed by atoms with van der Waals surface area (Å²) in [4.78, 5) is 16.6. The summed E-state index contributed by atoms with van der Waals surface area (Å²) in [7, 11) is 0. The molecule has 21 heavy (non-hydrogen) atoms. The number of rotatable bonds is 4. The number of thiazole rings is 1. The first-order chi connectivity index (χ1) is 9.69. The zero-order valence-corrected chi connectivity index (χ0v) is 13.8. The van der Waals surface area contributed by atoms with E-state index in [4.69, 9.17) is 0 Å². The molecule has 0 saturated carbocycles. The molecule has 1 N–H and O–H groups in total. The second-order valence-electron chi connectivity index (χ2n) is 6.27. The quantitative estimate of drug-likeness (QED) is 0.938. The number of carboxylic acids is 1. The molecule has 2 aromatic rings. The normalized spacial score (nSPS) is 11.9. The SMILES string of the molecule is Cc1nc(C)c(-c2c(C(=O)O)nnn2CCC(C)(C)C)s1. The smallest absolute Gasteiger partial charge is 0.358 e. The first-order valence-electron chi connectivity index (χ1n) is 6.80. The highest BCUT2D eigenvalue weighted by Crippen LogP contribution is 2.32. The van der Waals surface area contributed by atoms with Crippen LogP contribution < -0.4 is 0 Å². The first kappa shape index (κ1) is 15.6. The highest BCUT2D eigenvalue weighted by molar-refractivity contribution is 7.15. The van der Waals surface area contributed by atoms with Gasteiger partial charge in [0, 0.05) is 6.54 Å². The molecular weight excluding hydrogens is 288 g/mol. The van der Waals surface area contributed by atoms with Crippen molar-refractivity contribution in [3.8, 4) is 10.6 Å². The zero-order chi connectivity index (χ0) is 15.8. The Hall–Kier alpha value is -1.76. The van der Waals surface area contributed by atoms with E-state index >= 15 is 0 Å². The van der Waals surface area contributed by atoms with Gasteiger partial charge in [-0.05, 0) is 25.7 Å². The van der Waals surface area contributed by atoms with E-state index in [2.05, 4.69) is 36.1 Å². The van der Waals surface area contributed by atoms with Crippen LogP contribution in [0, 0.1) is 19.3 Å². The molecule has 0 fully saturated rings. The Morgan fingerprint density at radius 2 is 2.00 bits per heavy atom. The van der Waals surface area contributed by atoms with E-state index in [0.29, 0.717) is 12.2 Å². The lowest BCUT2D eigenvalue weighted by Gasteiger charge is -2.18. The zero-order valence-electron chi connectivity index (χ0n) is 13.0. The van der Waals surface area contributed by atoms with Gasteiger partial charge in [0.05, 0.1) is 15.6 Å². The molecule has 0 unspecified atom stereocenters. The highest BCUT2D eigenvalue weighted by atomic mass is 32.1. The molecule has 114 valence electrons. The lowest BCUT2D eigenvalue weighted by atomic mass is 9.92. The summed E-state index contributed by atoms with van der Waals surface area (Å²) in [5.41, 5.74) is 1.52. The van der Waals surface area contributed by atoms with Gasteiger partial charge in [-0.3, -0.25) is 0 Å². The minimum Gasteiger partial charge on any atom is -0.476 e. The third-order valence-electron chi connectivity index (χ3n) is 3.13. The Morgan fingerprint density at radius 3 is 2.48 bits per heavy atom. The van der Waals surface area contributed by atoms with Crippen molar-refractivity contribution in [2.24, 2.45) is 5.41 Å². The third kappa shape index (κ3) is 3.47. The molecule has 2 rings (SSSR count). The van der Waals surface area contributed by atoms with E-state index in [1.807, 2.05) is 13.8 Å². The lowest BCUT2D eigenvalue weighted by molar-refractivity contribution is 0.0691. The number of hydrogen-bond donors (Lipinski definition) is 1. The summed E-state index contributed by atoms with van der Waals surface area (Å²) in [5, 5.41) is 18.1. The minimum absolute atomic E-state index is 0.00402. The fraction of sp³-hybridized carbons (Fsp3) is 0.571. The van der Waals surface area contributed by atoms with Crippen LogP contribution in [-0.4, -0.2) is 31.1 Å². The minimum atomic E-state index is -1.06. The van der Waals surface area contributed by atoms with Gasteiger partial charge in [0.1, 0.15) is 5.69 Å². The van der Waals surface area contributed by atoms with Gasteiger partial charge in [-0.25, -0.2) is 14.5 Å². The van der Waals surface area contributed by atoms with Gasteiger partial charge in [0.15, 0.2) is 5.69 Å². The number of aryl methyl sites for hydroxylation is 3. The maximum absolute atomic E-state index is 11.4. The number of aromatic nitrogens is 4. The van der Waals surface area contributed by atoms with Gasteiger partial charge in [-0.15, -0.1) is 16.4 Å². The van der Waals surface area contributed by atoms with Crippen molar-refractivity contribution in [1.82, 2.24) is 20.0 Å². The van der Waals surface area contributed by atoms with Crippen LogP contribution in [0.15, 0.2) is 0 Å². The number of hydrogen-bond acceptors (Lipinski definition) is 5. The molecule has 0 aliphatic rings. The van der Waals surface area contributed by atoms with Crippen molar-refractivity contribution in [2.45, 2.75) is 47.6 Å². The number of carboxylic acid groups (broad SMARTS) is 1. The topological polar surface area (TPSA) is 80.9 Å². The highest BCUT2D eigenvalue weighted by Gasteiger charge is 2.24. The summed E-state index contributed by atoms with van der Waals surface area (Å²) < 4.78 is 1.69. The van der Waals surface area contributed by atoms with Crippen molar-refractivity contribution in [3.05, 3.63) is 16.4 Å². The van der Waals surface area contributed by atoms with Crippen molar-refractivity contribution < 1.29 is 9.90 Å². The third-order valence-corrected chi connectivity index (χ3v) is 4.21. The van der Waals surface area contributed by atoms with Gasteiger partial charge in [-0.2, -0.15) is 0 Å². The predicted octanol–water partition coefficient (Wildman–Crippen LogP) is 3.15. The Morgan fingerprint density at radius 1 is 1.33 bits per heavy atom. The standard InChI is InChI=1S/C14H20N4O2S/c1-8-12(21-9(2)15-8)11-10(13(19)20)16-17-18(11)7-6-14(3,4)5/h6-7H2,1-5H3,(H,19,20). The fourth-order valence-electron chi connectivity index (χ4n) is 2.03. The van der Waals surface area contributed by atoms with E-state index in [0.717, 1.165) is 22.0 Å². The average Bonchev–Trinajstić information content (AvgIpc) is 2.88. The van der Waals surface area contributed by atoms with Crippen LogP contribution in [0.25, 0.3) is 10.6 Å². The van der Waals surface area contributed by atoms with E-state index in [1.165, 1.54) is 11.3 Å². The van der Waals surface area contributed by atoms with Crippen LogP contribution in [0.1, 0.15) is 48.4 Å². The molecule has 0 aliphatic carbocycles. The van der Waals surface area contributed by atoms with Gasteiger partial charge >= 0.3 is 5.97 Å². The average molecular weight is 308 g/mol. The van der Waals surface area contributed by atoms with Gasteiger partial charge in [0.2, 0.25) is 0 Å². The maximum Gasteiger partial charge on any atom is 0.358 e. The van der Waals surface area contributed by atoms with Crippen LogP contribution in [0.3, 0.4) is 0 Å². The van der Waals surface area contributed by atoms with Gasteiger partial charge in [0.25, 0.3) is 0 Å². The second-order valence-corrected chi connectivity index (χ2v) is 7.48. The molecule has 2 heterocycles. The van der Waals surface area contributed by atoms with Crippen molar-refractivity contribution in [3.63, 3.8) is 0 Å². The molecule has 6 nitrogen and oxygen atoms in total. The molecule has 0 amide bonds. The Labute approximate surface area is 127 Å². The maximum atomic E-state index is 11.4. The lowest BCUT2D eigenvalue weighted by Crippen LogP contribution is -2.12. The molecule has 7 heteroatoms. The van der Waals surface area contributed by atoms with Gasteiger partial charge in [-0.1, -0.05) is 26.0 Å². The van der Waals surface area contributed by atoms with Gasteiger partial charge < -0.3 is 5.11 Å². The Kier molecular flexibility index (Phi) is 4.13. The fourth-order valence-corrected chi connectivity index (χ4v) is 3.00. The molecule has 0 aliphatic heterocycles. The Bertz CT molecular complexity index is 667. The molecular formula is C14H20N4O2S. The number of nitrogens with zero attached hydrogens (tertiary/aromatic N) is 4. The van der Waals surface area contributed by atoms with E-state index in [-0.39, 0.29) is 11.1 Å². The van der Waals surface area contributed by atoms with E-state index in [9.17, 15) is 9.90 Å². The van der Waals surface area contributed by atoms with Crippen LogP contribution in [0.4, 0.5) is 0 Å². The Balaban J connectivity index is 2.48. The monoisotopic (exact) mass is 308 g/mol. The van der Waals surface area contributed by atoms with Crippen LogP contribution in [0.5, 0.6) is 0 Å². The largest absolute Gasteiger partial charge is 0.476 e. The summed E-state index contributed by atoms with van der Waals surface area (Å²) in [6.45, 7) is 10.9. The molecule has 0 spiro atoms.